The van der Waals surface area contributed by atoms with E-state index in [0.717, 1.165) is 4.90 Å². The SMILES string of the molecule is CC(CO)CNc1ncc(S)cn1. The molecule has 72 valence electrons. The Morgan fingerprint density at radius 2 is 2.15 bits per heavy atom. The minimum absolute atomic E-state index is 0.164. The van der Waals surface area contributed by atoms with Gasteiger partial charge in [-0.25, -0.2) is 9.97 Å². The van der Waals surface area contributed by atoms with Crippen LogP contribution in [0.4, 0.5) is 5.95 Å². The first-order valence-electron chi connectivity index (χ1n) is 4.08. The molecule has 1 atom stereocenters. The molecule has 1 heterocycles. The molecule has 4 nitrogen and oxygen atoms in total. The lowest BCUT2D eigenvalue weighted by Gasteiger charge is -2.08. The summed E-state index contributed by atoms with van der Waals surface area (Å²) in [5.41, 5.74) is 0. The van der Waals surface area contributed by atoms with Crippen molar-refractivity contribution in [3.63, 3.8) is 0 Å². The van der Waals surface area contributed by atoms with Crippen LogP contribution in [0.15, 0.2) is 17.3 Å². The Morgan fingerprint density at radius 3 is 2.69 bits per heavy atom. The predicted octanol–water partition coefficient (Wildman–Crippen LogP) is 0.806. The summed E-state index contributed by atoms with van der Waals surface area (Å²) in [6.07, 6.45) is 3.25. The summed E-state index contributed by atoms with van der Waals surface area (Å²) in [5.74, 6) is 0.775. The Bertz CT molecular complexity index is 252. The van der Waals surface area contributed by atoms with Crippen LogP contribution < -0.4 is 5.32 Å². The highest BCUT2D eigenvalue weighted by molar-refractivity contribution is 7.80. The van der Waals surface area contributed by atoms with Crippen molar-refractivity contribution < 1.29 is 5.11 Å². The van der Waals surface area contributed by atoms with Crippen LogP contribution in [0.2, 0.25) is 0 Å². The molecule has 0 aliphatic rings. The quantitative estimate of drug-likeness (QED) is 0.628. The predicted molar refractivity (Wildman–Crippen MR) is 54.0 cm³/mol. The number of aliphatic hydroxyl groups excluding tert-OH is 1. The van der Waals surface area contributed by atoms with Crippen molar-refractivity contribution in [1.29, 1.82) is 0 Å². The molecular weight excluding hydrogens is 186 g/mol. The summed E-state index contributed by atoms with van der Waals surface area (Å²) in [7, 11) is 0. The normalized spacial score (nSPS) is 12.5. The molecule has 0 saturated carbocycles. The van der Waals surface area contributed by atoms with E-state index in [1.807, 2.05) is 6.92 Å². The zero-order chi connectivity index (χ0) is 9.68. The zero-order valence-electron chi connectivity index (χ0n) is 7.44. The third-order valence-corrected chi connectivity index (χ3v) is 1.79. The van der Waals surface area contributed by atoms with Gasteiger partial charge in [0, 0.05) is 30.4 Å². The van der Waals surface area contributed by atoms with Crippen molar-refractivity contribution in [2.45, 2.75) is 11.8 Å². The average Bonchev–Trinajstić information content (AvgIpc) is 2.16. The van der Waals surface area contributed by atoms with E-state index in [1.54, 1.807) is 12.4 Å². The number of hydrogen-bond acceptors (Lipinski definition) is 5. The molecule has 0 aliphatic heterocycles. The second-order valence-corrected chi connectivity index (χ2v) is 3.45. The molecule has 13 heavy (non-hydrogen) atoms. The van der Waals surface area contributed by atoms with Gasteiger partial charge in [0.15, 0.2) is 0 Å². The number of rotatable bonds is 4. The number of aromatic nitrogens is 2. The maximum atomic E-state index is 8.76. The molecule has 1 rings (SSSR count). The van der Waals surface area contributed by atoms with E-state index < -0.39 is 0 Å². The summed E-state index contributed by atoms with van der Waals surface area (Å²) < 4.78 is 0. The van der Waals surface area contributed by atoms with E-state index in [-0.39, 0.29) is 12.5 Å². The molecule has 2 N–H and O–H groups in total. The molecule has 1 aromatic rings. The van der Waals surface area contributed by atoms with E-state index in [4.69, 9.17) is 5.11 Å². The summed E-state index contributed by atoms with van der Waals surface area (Å²) in [6.45, 7) is 2.78. The second-order valence-electron chi connectivity index (χ2n) is 2.93. The van der Waals surface area contributed by atoms with Gasteiger partial charge in [0.05, 0.1) is 0 Å². The number of nitrogens with zero attached hydrogens (tertiary/aromatic N) is 2. The highest BCUT2D eigenvalue weighted by atomic mass is 32.1. The third kappa shape index (κ3) is 3.61. The van der Waals surface area contributed by atoms with Crippen molar-refractivity contribution in [2.24, 2.45) is 5.92 Å². The maximum Gasteiger partial charge on any atom is 0.222 e. The van der Waals surface area contributed by atoms with Gasteiger partial charge >= 0.3 is 0 Å². The third-order valence-electron chi connectivity index (χ3n) is 1.56. The Kier molecular flexibility index (Phi) is 3.98. The molecule has 0 aliphatic carbocycles. The van der Waals surface area contributed by atoms with E-state index in [0.29, 0.717) is 12.5 Å². The highest BCUT2D eigenvalue weighted by Crippen LogP contribution is 2.04. The first kappa shape index (κ1) is 10.3. The standard InChI is InChI=1S/C8H13N3OS/c1-6(5-12)2-9-8-10-3-7(13)4-11-8/h3-4,6,12-13H,2,5H2,1H3,(H,9,10,11). The highest BCUT2D eigenvalue weighted by Gasteiger charge is 2.00. The summed E-state index contributed by atoms with van der Waals surface area (Å²) >= 11 is 4.07. The van der Waals surface area contributed by atoms with Crippen LogP contribution in [-0.2, 0) is 0 Å². The van der Waals surface area contributed by atoms with Crippen molar-refractivity contribution in [2.75, 3.05) is 18.5 Å². The fourth-order valence-corrected chi connectivity index (χ4v) is 0.858. The van der Waals surface area contributed by atoms with Crippen LogP contribution >= 0.6 is 12.6 Å². The number of anilines is 1. The van der Waals surface area contributed by atoms with Gasteiger partial charge in [-0.3, -0.25) is 0 Å². The molecular formula is C8H13N3OS. The number of thiol groups is 1. The zero-order valence-corrected chi connectivity index (χ0v) is 8.33. The van der Waals surface area contributed by atoms with Gasteiger partial charge in [-0.05, 0) is 5.92 Å². The van der Waals surface area contributed by atoms with E-state index in [1.165, 1.54) is 0 Å². The van der Waals surface area contributed by atoms with Crippen molar-refractivity contribution >= 4 is 18.6 Å². The van der Waals surface area contributed by atoms with Gasteiger partial charge < -0.3 is 10.4 Å². The molecule has 0 radical (unpaired) electrons. The lowest BCUT2D eigenvalue weighted by atomic mass is 10.2. The van der Waals surface area contributed by atoms with Crippen LogP contribution in [0.25, 0.3) is 0 Å². The molecule has 0 spiro atoms. The summed E-state index contributed by atoms with van der Waals surface area (Å²) in [4.78, 5) is 8.75. The molecule has 5 heteroatoms. The first-order valence-corrected chi connectivity index (χ1v) is 4.53. The van der Waals surface area contributed by atoms with E-state index in [9.17, 15) is 0 Å². The van der Waals surface area contributed by atoms with Gasteiger partial charge in [-0.2, -0.15) is 0 Å². The Balaban J connectivity index is 2.41. The lowest BCUT2D eigenvalue weighted by Crippen LogP contribution is -2.15. The second kappa shape index (κ2) is 5.04. The van der Waals surface area contributed by atoms with Crippen LogP contribution in [-0.4, -0.2) is 28.2 Å². The lowest BCUT2D eigenvalue weighted by molar-refractivity contribution is 0.244. The number of nitrogens with one attached hydrogen (secondary N) is 1. The average molecular weight is 199 g/mol. The van der Waals surface area contributed by atoms with Crippen molar-refractivity contribution in [3.05, 3.63) is 12.4 Å². The van der Waals surface area contributed by atoms with E-state index in [2.05, 4.69) is 27.9 Å². The minimum atomic E-state index is 0.164. The molecule has 1 unspecified atom stereocenters. The van der Waals surface area contributed by atoms with Crippen LogP contribution in [0, 0.1) is 5.92 Å². The van der Waals surface area contributed by atoms with Crippen LogP contribution in [0.1, 0.15) is 6.92 Å². The van der Waals surface area contributed by atoms with Crippen LogP contribution in [0.5, 0.6) is 0 Å². The van der Waals surface area contributed by atoms with Crippen LogP contribution in [0.3, 0.4) is 0 Å². The number of hydrogen-bond donors (Lipinski definition) is 3. The molecule has 0 aromatic carbocycles. The van der Waals surface area contributed by atoms with Gasteiger partial charge in [0.2, 0.25) is 5.95 Å². The van der Waals surface area contributed by atoms with Crippen molar-refractivity contribution in [3.8, 4) is 0 Å². The van der Waals surface area contributed by atoms with Gasteiger partial charge in [0.25, 0.3) is 0 Å². The first-order chi connectivity index (χ1) is 6.22. The summed E-state index contributed by atoms with van der Waals surface area (Å²) in [6, 6.07) is 0. The largest absolute Gasteiger partial charge is 0.396 e. The van der Waals surface area contributed by atoms with Gasteiger partial charge in [0.1, 0.15) is 0 Å². The van der Waals surface area contributed by atoms with E-state index >= 15 is 0 Å². The topological polar surface area (TPSA) is 58.0 Å². The molecule has 1 aromatic heterocycles. The molecule has 0 bridgehead atoms. The van der Waals surface area contributed by atoms with Gasteiger partial charge in [-0.15, -0.1) is 12.6 Å². The smallest absolute Gasteiger partial charge is 0.222 e. The van der Waals surface area contributed by atoms with Crippen molar-refractivity contribution in [1.82, 2.24) is 9.97 Å². The Labute approximate surface area is 82.8 Å². The fraction of sp³-hybridized carbons (Fsp3) is 0.500. The monoisotopic (exact) mass is 199 g/mol. The Hall–Kier alpha value is -0.810. The molecule has 0 saturated heterocycles. The Morgan fingerprint density at radius 1 is 1.54 bits per heavy atom. The molecule has 0 amide bonds. The minimum Gasteiger partial charge on any atom is -0.396 e. The molecule has 0 fully saturated rings. The maximum absolute atomic E-state index is 8.76. The fourth-order valence-electron chi connectivity index (χ4n) is 0.743. The summed E-state index contributed by atoms with van der Waals surface area (Å²) in [5, 5.41) is 11.8. The van der Waals surface area contributed by atoms with Gasteiger partial charge in [-0.1, -0.05) is 6.92 Å². The number of aliphatic hydroxyl groups is 1.